The van der Waals surface area contributed by atoms with Crippen LogP contribution in [0.4, 0.5) is 8.78 Å². The van der Waals surface area contributed by atoms with E-state index in [9.17, 15) is 13.6 Å². The first-order valence-electron chi connectivity index (χ1n) is 4.86. The molecule has 2 aromatic rings. The third kappa shape index (κ3) is 2.87. The third-order valence-corrected chi connectivity index (χ3v) is 2.08. The number of rotatable bonds is 3. The van der Waals surface area contributed by atoms with Crippen LogP contribution in [0.25, 0.3) is 0 Å². The van der Waals surface area contributed by atoms with E-state index in [0.29, 0.717) is 12.0 Å². The zero-order chi connectivity index (χ0) is 12.3. The molecule has 2 nitrogen and oxygen atoms in total. The molecule has 0 radical (unpaired) electrons. The van der Waals surface area contributed by atoms with E-state index in [2.05, 4.69) is 0 Å². The van der Waals surface area contributed by atoms with E-state index in [-0.39, 0.29) is 17.1 Å². The molecule has 0 heterocycles. The number of halogens is 2. The van der Waals surface area contributed by atoms with Gasteiger partial charge in [0.05, 0.1) is 0 Å². The molecule has 17 heavy (non-hydrogen) atoms. The molecular formula is C13H8F2O2. The second kappa shape index (κ2) is 4.74. The standard InChI is InChI=1S/C13H8F2O2/c14-10-1-3-12(4-2-10)17-13-6-9(8-16)5-11(15)7-13/h1-8H. The molecule has 0 aliphatic rings. The van der Waals surface area contributed by atoms with Gasteiger partial charge in [-0.05, 0) is 36.4 Å². The number of hydrogen-bond donors (Lipinski definition) is 0. The maximum Gasteiger partial charge on any atom is 0.150 e. The summed E-state index contributed by atoms with van der Waals surface area (Å²) in [5.74, 6) is -0.385. The molecule has 2 aromatic carbocycles. The Balaban J connectivity index is 2.26. The number of hydrogen-bond acceptors (Lipinski definition) is 2. The second-order valence-electron chi connectivity index (χ2n) is 3.39. The largest absolute Gasteiger partial charge is 0.457 e. The Labute approximate surface area is 96.5 Å². The fraction of sp³-hybridized carbons (Fsp3) is 0. The van der Waals surface area contributed by atoms with E-state index in [1.54, 1.807) is 0 Å². The highest BCUT2D eigenvalue weighted by Gasteiger charge is 2.03. The molecule has 0 unspecified atom stereocenters. The summed E-state index contributed by atoms with van der Waals surface area (Å²) in [7, 11) is 0. The van der Waals surface area contributed by atoms with Crippen LogP contribution in [0.3, 0.4) is 0 Å². The van der Waals surface area contributed by atoms with Gasteiger partial charge in [0, 0.05) is 11.6 Å². The summed E-state index contributed by atoms with van der Waals surface area (Å²) in [6.07, 6.45) is 0.528. The normalized spacial score (nSPS) is 10.0. The molecule has 0 aliphatic carbocycles. The van der Waals surface area contributed by atoms with Crippen molar-refractivity contribution in [1.82, 2.24) is 0 Å². The van der Waals surface area contributed by atoms with Gasteiger partial charge in [-0.15, -0.1) is 0 Å². The summed E-state index contributed by atoms with van der Waals surface area (Å²) in [4.78, 5) is 10.5. The summed E-state index contributed by atoms with van der Waals surface area (Å²) >= 11 is 0. The summed E-state index contributed by atoms with van der Waals surface area (Å²) in [6, 6.07) is 8.95. The van der Waals surface area contributed by atoms with Crippen LogP contribution in [0, 0.1) is 11.6 Å². The van der Waals surface area contributed by atoms with E-state index in [1.165, 1.54) is 30.3 Å². The van der Waals surface area contributed by atoms with Crippen molar-refractivity contribution < 1.29 is 18.3 Å². The van der Waals surface area contributed by atoms with Crippen LogP contribution in [-0.4, -0.2) is 6.29 Å². The number of ether oxygens (including phenoxy) is 1. The van der Waals surface area contributed by atoms with Crippen molar-refractivity contribution in [3.05, 3.63) is 59.7 Å². The van der Waals surface area contributed by atoms with Gasteiger partial charge in [-0.1, -0.05) is 0 Å². The minimum atomic E-state index is -0.563. The van der Waals surface area contributed by atoms with Crippen molar-refractivity contribution in [2.75, 3.05) is 0 Å². The van der Waals surface area contributed by atoms with E-state index < -0.39 is 5.82 Å². The van der Waals surface area contributed by atoms with E-state index in [0.717, 1.165) is 12.1 Å². The number of benzene rings is 2. The molecule has 0 bridgehead atoms. The first kappa shape index (κ1) is 11.3. The smallest absolute Gasteiger partial charge is 0.150 e. The SMILES string of the molecule is O=Cc1cc(F)cc(Oc2ccc(F)cc2)c1. The summed E-state index contributed by atoms with van der Waals surface area (Å²) in [5.41, 5.74) is 0.183. The summed E-state index contributed by atoms with van der Waals surface area (Å²) < 4.78 is 31.0. The highest BCUT2D eigenvalue weighted by atomic mass is 19.1. The molecule has 86 valence electrons. The van der Waals surface area contributed by atoms with Gasteiger partial charge in [-0.25, -0.2) is 8.78 Å². The Bertz CT molecular complexity index is 536. The van der Waals surface area contributed by atoms with E-state index in [1.807, 2.05) is 0 Å². The zero-order valence-electron chi connectivity index (χ0n) is 8.69. The van der Waals surface area contributed by atoms with Gasteiger partial charge in [0.2, 0.25) is 0 Å². The van der Waals surface area contributed by atoms with Crippen LogP contribution in [0.15, 0.2) is 42.5 Å². The molecule has 0 amide bonds. The average molecular weight is 234 g/mol. The quantitative estimate of drug-likeness (QED) is 0.759. The predicted molar refractivity (Wildman–Crippen MR) is 58.3 cm³/mol. The van der Waals surface area contributed by atoms with Crippen molar-refractivity contribution in [1.29, 1.82) is 0 Å². The summed E-state index contributed by atoms with van der Waals surface area (Å²) in [5, 5.41) is 0. The first-order chi connectivity index (χ1) is 8.17. The molecular weight excluding hydrogens is 226 g/mol. The molecule has 4 heteroatoms. The highest BCUT2D eigenvalue weighted by Crippen LogP contribution is 2.23. The van der Waals surface area contributed by atoms with Gasteiger partial charge in [0.1, 0.15) is 29.4 Å². The van der Waals surface area contributed by atoms with Crippen molar-refractivity contribution in [3.63, 3.8) is 0 Å². The lowest BCUT2D eigenvalue weighted by atomic mass is 10.2. The monoisotopic (exact) mass is 234 g/mol. The maximum absolute atomic E-state index is 13.1. The van der Waals surface area contributed by atoms with Crippen LogP contribution in [0.5, 0.6) is 11.5 Å². The molecule has 0 N–H and O–H groups in total. The lowest BCUT2D eigenvalue weighted by Gasteiger charge is -2.06. The van der Waals surface area contributed by atoms with Crippen molar-refractivity contribution in [3.8, 4) is 11.5 Å². The lowest BCUT2D eigenvalue weighted by Crippen LogP contribution is -1.89. The Morgan fingerprint density at radius 2 is 1.59 bits per heavy atom. The van der Waals surface area contributed by atoms with Crippen molar-refractivity contribution in [2.45, 2.75) is 0 Å². The van der Waals surface area contributed by atoms with Gasteiger partial charge in [-0.3, -0.25) is 4.79 Å². The third-order valence-electron chi connectivity index (χ3n) is 2.08. The van der Waals surface area contributed by atoms with Gasteiger partial charge < -0.3 is 4.74 Å². The fourth-order valence-corrected chi connectivity index (χ4v) is 1.35. The minimum absolute atomic E-state index is 0.183. The van der Waals surface area contributed by atoms with Gasteiger partial charge in [0.15, 0.2) is 0 Å². The Hall–Kier alpha value is -2.23. The van der Waals surface area contributed by atoms with Gasteiger partial charge in [-0.2, -0.15) is 0 Å². The van der Waals surface area contributed by atoms with E-state index >= 15 is 0 Å². The molecule has 0 fully saturated rings. The van der Waals surface area contributed by atoms with Gasteiger partial charge in [0.25, 0.3) is 0 Å². The van der Waals surface area contributed by atoms with Crippen molar-refractivity contribution >= 4 is 6.29 Å². The summed E-state index contributed by atoms with van der Waals surface area (Å²) in [6.45, 7) is 0. The minimum Gasteiger partial charge on any atom is -0.457 e. The number of carbonyl (C=O) groups is 1. The van der Waals surface area contributed by atoms with Crippen LogP contribution in [0.1, 0.15) is 10.4 Å². The number of carbonyl (C=O) groups excluding carboxylic acids is 1. The predicted octanol–water partition coefficient (Wildman–Crippen LogP) is 3.57. The Kier molecular flexibility index (Phi) is 3.14. The molecule has 0 spiro atoms. The van der Waals surface area contributed by atoms with Crippen LogP contribution in [-0.2, 0) is 0 Å². The molecule has 2 rings (SSSR count). The molecule has 0 aliphatic heterocycles. The molecule has 0 aromatic heterocycles. The molecule has 0 saturated heterocycles. The fourth-order valence-electron chi connectivity index (χ4n) is 1.35. The molecule has 0 saturated carbocycles. The Morgan fingerprint density at radius 3 is 2.24 bits per heavy atom. The topological polar surface area (TPSA) is 26.3 Å². The van der Waals surface area contributed by atoms with Crippen LogP contribution < -0.4 is 4.74 Å². The van der Waals surface area contributed by atoms with Crippen LogP contribution in [0.2, 0.25) is 0 Å². The molecule has 0 atom stereocenters. The first-order valence-corrected chi connectivity index (χ1v) is 4.86. The van der Waals surface area contributed by atoms with Crippen molar-refractivity contribution in [2.24, 2.45) is 0 Å². The van der Waals surface area contributed by atoms with Gasteiger partial charge >= 0.3 is 0 Å². The average Bonchev–Trinajstić information content (AvgIpc) is 2.31. The number of aldehydes is 1. The highest BCUT2D eigenvalue weighted by molar-refractivity contribution is 5.75. The Morgan fingerprint density at radius 1 is 0.882 bits per heavy atom. The van der Waals surface area contributed by atoms with Crippen LogP contribution >= 0.6 is 0 Å². The zero-order valence-corrected chi connectivity index (χ0v) is 8.69. The maximum atomic E-state index is 13.1. The second-order valence-corrected chi connectivity index (χ2v) is 3.39. The van der Waals surface area contributed by atoms with E-state index in [4.69, 9.17) is 4.74 Å². The lowest BCUT2D eigenvalue weighted by molar-refractivity contribution is 0.112.